The summed E-state index contributed by atoms with van der Waals surface area (Å²) in [5, 5.41) is 12.2. The molecule has 8 nitrogen and oxygen atoms in total. The number of likely N-dealkylation sites (tertiary alicyclic amines) is 1. The van der Waals surface area contributed by atoms with Crippen LogP contribution < -0.4 is 5.32 Å². The fraction of sp³-hybridized carbons (Fsp3) is 0.517. The van der Waals surface area contributed by atoms with Gasteiger partial charge in [0, 0.05) is 44.3 Å². The number of hydrogen-bond acceptors (Lipinski definition) is 5. The lowest BCUT2D eigenvalue weighted by Crippen LogP contribution is -2.44. The first-order chi connectivity index (χ1) is 18.1. The number of benzene rings is 2. The highest BCUT2D eigenvalue weighted by Gasteiger charge is 2.33. The van der Waals surface area contributed by atoms with Crippen molar-refractivity contribution in [2.45, 2.75) is 57.5 Å². The second kappa shape index (κ2) is 11.9. The molecule has 2 amide bonds. The molecule has 2 N–H and O–H groups in total. The number of sulfone groups is 1. The first-order valence-electron chi connectivity index (χ1n) is 13.5. The van der Waals surface area contributed by atoms with E-state index in [1.54, 1.807) is 31.2 Å². The van der Waals surface area contributed by atoms with Crippen LogP contribution >= 0.6 is 0 Å². The van der Waals surface area contributed by atoms with E-state index in [1.807, 2.05) is 12.1 Å². The van der Waals surface area contributed by atoms with Crippen molar-refractivity contribution in [2.75, 3.05) is 31.9 Å². The molecule has 2 aliphatic rings. The van der Waals surface area contributed by atoms with E-state index in [1.165, 1.54) is 16.0 Å². The smallest absolute Gasteiger partial charge is 0.407 e. The number of amides is 2. The average molecular weight is 542 g/mol. The summed E-state index contributed by atoms with van der Waals surface area (Å²) in [6, 6.07) is 12.9. The van der Waals surface area contributed by atoms with Crippen LogP contribution in [0.2, 0.25) is 0 Å². The first kappa shape index (κ1) is 28.1. The number of nitrogens with zero attached hydrogens (tertiary/aromatic N) is 2. The second-order valence-electron chi connectivity index (χ2n) is 10.8. The van der Waals surface area contributed by atoms with Crippen LogP contribution in [-0.2, 0) is 22.8 Å². The third kappa shape index (κ3) is 6.38. The summed E-state index contributed by atoms with van der Waals surface area (Å²) in [7, 11) is -3.24. The highest BCUT2D eigenvalue weighted by Crippen LogP contribution is 2.37. The molecule has 1 fully saturated rings. The number of nitrogens with one attached hydrogen (secondary N) is 1. The van der Waals surface area contributed by atoms with Gasteiger partial charge in [-0.05, 0) is 72.1 Å². The van der Waals surface area contributed by atoms with Gasteiger partial charge in [-0.25, -0.2) is 13.2 Å². The molecule has 0 saturated carbocycles. The zero-order valence-corrected chi connectivity index (χ0v) is 23.3. The maximum atomic E-state index is 12.9. The summed E-state index contributed by atoms with van der Waals surface area (Å²) < 4.78 is 24.0. The summed E-state index contributed by atoms with van der Waals surface area (Å²) in [5.41, 5.74) is 3.96. The predicted octanol–water partition coefficient (Wildman–Crippen LogP) is 4.36. The lowest BCUT2D eigenvalue weighted by Gasteiger charge is -2.42. The lowest BCUT2D eigenvalue weighted by atomic mass is 9.84. The molecule has 2 aromatic rings. The van der Waals surface area contributed by atoms with Gasteiger partial charge >= 0.3 is 6.09 Å². The summed E-state index contributed by atoms with van der Waals surface area (Å²) in [4.78, 5) is 28.5. The monoisotopic (exact) mass is 541 g/mol. The number of hydrogen-bond donors (Lipinski definition) is 2. The van der Waals surface area contributed by atoms with Gasteiger partial charge in [0.05, 0.1) is 10.6 Å². The van der Waals surface area contributed by atoms with Gasteiger partial charge < -0.3 is 15.3 Å². The Morgan fingerprint density at radius 2 is 1.74 bits per heavy atom. The zero-order chi connectivity index (χ0) is 27.4. The Labute approximate surface area is 225 Å². The van der Waals surface area contributed by atoms with Crippen LogP contribution in [0.4, 0.5) is 4.79 Å². The highest BCUT2D eigenvalue weighted by molar-refractivity contribution is 7.91. The van der Waals surface area contributed by atoms with E-state index in [-0.39, 0.29) is 17.7 Å². The molecule has 0 radical (unpaired) electrons. The fourth-order valence-electron chi connectivity index (χ4n) is 5.74. The molecule has 1 atom stereocenters. The summed E-state index contributed by atoms with van der Waals surface area (Å²) in [6.07, 6.45) is 1.85. The SMILES string of the molecule is CCS(=O)(=O)c1ccc(CNC(=O)c2ccc3c(c2)CCN(CC2CCN(C(=O)O)CC2)C3C(C)C)cc1. The van der Waals surface area contributed by atoms with Gasteiger partial charge in [0.1, 0.15) is 0 Å². The molecule has 0 aliphatic carbocycles. The third-order valence-electron chi connectivity index (χ3n) is 7.91. The second-order valence-corrected chi connectivity index (χ2v) is 13.1. The van der Waals surface area contributed by atoms with Crippen molar-refractivity contribution in [1.29, 1.82) is 0 Å². The summed E-state index contributed by atoms with van der Waals surface area (Å²) in [6.45, 7) is 9.52. The van der Waals surface area contributed by atoms with E-state index >= 15 is 0 Å². The Hall–Kier alpha value is -2.91. The van der Waals surface area contributed by atoms with Gasteiger partial charge in [0.25, 0.3) is 5.91 Å². The molecule has 1 saturated heterocycles. The largest absolute Gasteiger partial charge is 0.465 e. The molecule has 0 bridgehead atoms. The normalized spacial score (nSPS) is 18.8. The van der Waals surface area contributed by atoms with Crippen molar-refractivity contribution in [2.24, 2.45) is 11.8 Å². The van der Waals surface area contributed by atoms with E-state index in [0.717, 1.165) is 37.9 Å². The molecule has 2 aliphatic heterocycles. The predicted molar refractivity (Wildman–Crippen MR) is 147 cm³/mol. The number of rotatable bonds is 8. The molecule has 206 valence electrons. The quantitative estimate of drug-likeness (QED) is 0.515. The van der Waals surface area contributed by atoms with Gasteiger partial charge in [-0.1, -0.05) is 39.0 Å². The van der Waals surface area contributed by atoms with Gasteiger partial charge in [0.2, 0.25) is 0 Å². The highest BCUT2D eigenvalue weighted by atomic mass is 32.2. The third-order valence-corrected chi connectivity index (χ3v) is 9.66. The minimum Gasteiger partial charge on any atom is -0.465 e. The molecular formula is C29H39N3O5S. The maximum absolute atomic E-state index is 12.9. The maximum Gasteiger partial charge on any atom is 0.407 e. The molecule has 1 unspecified atom stereocenters. The van der Waals surface area contributed by atoms with Crippen LogP contribution in [0.15, 0.2) is 47.4 Å². The van der Waals surface area contributed by atoms with E-state index in [9.17, 15) is 23.1 Å². The molecule has 2 aromatic carbocycles. The van der Waals surface area contributed by atoms with Crippen LogP contribution in [0.5, 0.6) is 0 Å². The van der Waals surface area contributed by atoms with E-state index in [2.05, 4.69) is 30.1 Å². The lowest BCUT2D eigenvalue weighted by molar-refractivity contribution is 0.0860. The number of carbonyl (C=O) groups is 2. The molecule has 2 heterocycles. The molecule has 4 rings (SSSR count). The minimum absolute atomic E-state index is 0.0585. The van der Waals surface area contributed by atoms with Crippen molar-refractivity contribution >= 4 is 21.8 Å². The number of fused-ring (bicyclic) bond motifs is 1. The van der Waals surface area contributed by atoms with Gasteiger partial charge in [0.15, 0.2) is 9.84 Å². The Morgan fingerprint density at radius 1 is 1.05 bits per heavy atom. The van der Waals surface area contributed by atoms with Crippen LogP contribution in [-0.4, -0.2) is 67.3 Å². The Balaban J connectivity index is 1.39. The van der Waals surface area contributed by atoms with Gasteiger partial charge in [-0.15, -0.1) is 0 Å². The van der Waals surface area contributed by atoms with E-state index in [0.29, 0.717) is 41.9 Å². The average Bonchev–Trinajstić information content (AvgIpc) is 2.91. The fourth-order valence-corrected chi connectivity index (χ4v) is 6.63. The summed E-state index contributed by atoms with van der Waals surface area (Å²) >= 11 is 0. The zero-order valence-electron chi connectivity index (χ0n) is 22.5. The standard InChI is InChI=1S/C29H39N3O5S/c1-4-38(36,37)25-8-5-21(6-9-25)18-30-28(33)24-7-10-26-23(17-24)13-16-32(27(26)20(2)3)19-22-11-14-31(15-12-22)29(34)35/h5-10,17,20,22,27H,4,11-16,18-19H2,1-3H3,(H,30,33)(H,34,35). The number of carbonyl (C=O) groups excluding carboxylic acids is 1. The number of carboxylic acid groups (broad SMARTS) is 1. The molecule has 9 heteroatoms. The Morgan fingerprint density at radius 3 is 2.34 bits per heavy atom. The van der Waals surface area contributed by atoms with Crippen LogP contribution in [0.1, 0.15) is 66.7 Å². The van der Waals surface area contributed by atoms with Crippen LogP contribution in [0.3, 0.4) is 0 Å². The molecule has 38 heavy (non-hydrogen) atoms. The van der Waals surface area contributed by atoms with Crippen molar-refractivity contribution in [3.8, 4) is 0 Å². The van der Waals surface area contributed by atoms with Crippen molar-refractivity contribution in [3.63, 3.8) is 0 Å². The van der Waals surface area contributed by atoms with E-state index < -0.39 is 15.9 Å². The minimum atomic E-state index is -3.24. The number of piperidine rings is 1. The van der Waals surface area contributed by atoms with Crippen molar-refractivity contribution in [1.82, 2.24) is 15.1 Å². The molecular weight excluding hydrogens is 502 g/mol. The molecule has 0 spiro atoms. The van der Waals surface area contributed by atoms with Crippen molar-refractivity contribution in [3.05, 3.63) is 64.7 Å². The molecule has 0 aromatic heterocycles. The van der Waals surface area contributed by atoms with Crippen LogP contribution in [0, 0.1) is 11.8 Å². The Kier molecular flexibility index (Phi) is 8.78. The Bertz CT molecular complexity index is 1250. The summed E-state index contributed by atoms with van der Waals surface area (Å²) in [5.74, 6) is 0.817. The first-order valence-corrected chi connectivity index (χ1v) is 15.2. The van der Waals surface area contributed by atoms with E-state index in [4.69, 9.17) is 0 Å². The van der Waals surface area contributed by atoms with Gasteiger partial charge in [-0.3, -0.25) is 9.69 Å². The topological polar surface area (TPSA) is 107 Å². The van der Waals surface area contributed by atoms with Gasteiger partial charge in [-0.2, -0.15) is 0 Å². The van der Waals surface area contributed by atoms with Crippen molar-refractivity contribution < 1.29 is 23.1 Å². The van der Waals surface area contributed by atoms with Crippen LogP contribution in [0.25, 0.3) is 0 Å².